The Labute approximate surface area is 146 Å². The standard InChI is InChI=1S/C19H23NO5/c21-12-14-6-8-16(9-7-14)18(23)17(22)10-11-20-19(24)25-13-15-4-2-1-3-5-15/h1-9,17-18,21-23H,10-13H2,(H,20,24). The first-order valence-corrected chi connectivity index (χ1v) is 8.10. The minimum atomic E-state index is -1.06. The van der Waals surface area contributed by atoms with Crippen molar-refractivity contribution in [2.24, 2.45) is 0 Å². The Balaban J connectivity index is 1.69. The van der Waals surface area contributed by atoms with Gasteiger partial charge in [-0.15, -0.1) is 0 Å². The Morgan fingerprint density at radius 2 is 1.68 bits per heavy atom. The monoisotopic (exact) mass is 345 g/mol. The lowest BCUT2D eigenvalue weighted by Gasteiger charge is -2.18. The highest BCUT2D eigenvalue weighted by Crippen LogP contribution is 2.19. The second-order valence-electron chi connectivity index (χ2n) is 5.69. The third kappa shape index (κ3) is 6.19. The fourth-order valence-corrected chi connectivity index (χ4v) is 2.30. The van der Waals surface area contributed by atoms with Crippen LogP contribution in [0.3, 0.4) is 0 Å². The highest BCUT2D eigenvalue weighted by molar-refractivity contribution is 5.67. The van der Waals surface area contributed by atoms with Crippen molar-refractivity contribution in [1.29, 1.82) is 0 Å². The number of rotatable bonds is 8. The highest BCUT2D eigenvalue weighted by Gasteiger charge is 2.18. The van der Waals surface area contributed by atoms with Gasteiger partial charge in [-0.05, 0) is 23.1 Å². The summed E-state index contributed by atoms with van der Waals surface area (Å²) in [5.74, 6) is 0. The molecule has 0 fully saturated rings. The van der Waals surface area contributed by atoms with Crippen molar-refractivity contribution in [2.45, 2.75) is 31.8 Å². The Kier molecular flexibility index (Phi) is 7.40. The van der Waals surface area contributed by atoms with Crippen LogP contribution >= 0.6 is 0 Å². The molecule has 0 aliphatic heterocycles. The van der Waals surface area contributed by atoms with Crippen molar-refractivity contribution >= 4 is 6.09 Å². The van der Waals surface area contributed by atoms with Crippen LogP contribution in [0.15, 0.2) is 54.6 Å². The van der Waals surface area contributed by atoms with Gasteiger partial charge >= 0.3 is 6.09 Å². The number of carbonyl (C=O) groups is 1. The molecule has 2 aromatic rings. The molecule has 1 amide bonds. The predicted octanol–water partition coefficient (Wildman–Crippen LogP) is 1.89. The number of carbonyl (C=O) groups excluding carboxylic acids is 1. The number of aliphatic hydroxyl groups excluding tert-OH is 3. The van der Waals surface area contributed by atoms with E-state index in [0.717, 1.165) is 11.1 Å². The van der Waals surface area contributed by atoms with Crippen molar-refractivity contribution in [2.75, 3.05) is 6.54 Å². The average molecular weight is 345 g/mol. The number of ether oxygens (including phenoxy) is 1. The maximum absolute atomic E-state index is 11.6. The van der Waals surface area contributed by atoms with Gasteiger partial charge < -0.3 is 25.4 Å². The number of amides is 1. The van der Waals surface area contributed by atoms with Crippen LogP contribution in [0.5, 0.6) is 0 Å². The molecule has 2 atom stereocenters. The topological polar surface area (TPSA) is 99.0 Å². The number of aliphatic hydroxyl groups is 3. The summed E-state index contributed by atoms with van der Waals surface area (Å²) in [5.41, 5.74) is 2.17. The van der Waals surface area contributed by atoms with Gasteiger partial charge in [0.1, 0.15) is 12.7 Å². The van der Waals surface area contributed by atoms with E-state index >= 15 is 0 Å². The molecule has 0 radical (unpaired) electrons. The molecule has 0 aromatic heterocycles. The predicted molar refractivity (Wildman–Crippen MR) is 92.6 cm³/mol. The Hall–Kier alpha value is -2.41. The Morgan fingerprint density at radius 1 is 1.00 bits per heavy atom. The zero-order chi connectivity index (χ0) is 18.1. The number of benzene rings is 2. The van der Waals surface area contributed by atoms with Crippen LogP contribution in [0.1, 0.15) is 29.2 Å². The molecular formula is C19H23NO5. The summed E-state index contributed by atoms with van der Waals surface area (Å²) >= 11 is 0. The van der Waals surface area contributed by atoms with Crippen molar-refractivity contribution in [3.63, 3.8) is 0 Å². The first-order chi connectivity index (χ1) is 12.1. The van der Waals surface area contributed by atoms with Gasteiger partial charge in [-0.3, -0.25) is 0 Å². The smallest absolute Gasteiger partial charge is 0.407 e. The molecule has 2 unspecified atom stereocenters. The summed E-state index contributed by atoms with van der Waals surface area (Å²) in [6.07, 6.45) is -2.47. The summed E-state index contributed by atoms with van der Waals surface area (Å²) in [4.78, 5) is 11.6. The molecule has 0 heterocycles. The fraction of sp³-hybridized carbons (Fsp3) is 0.316. The lowest BCUT2D eigenvalue weighted by Crippen LogP contribution is -2.29. The molecule has 134 valence electrons. The second kappa shape index (κ2) is 9.78. The molecule has 2 rings (SSSR count). The van der Waals surface area contributed by atoms with E-state index in [1.807, 2.05) is 30.3 Å². The van der Waals surface area contributed by atoms with Gasteiger partial charge in [0.25, 0.3) is 0 Å². The van der Waals surface area contributed by atoms with Gasteiger partial charge in [0.05, 0.1) is 12.7 Å². The molecule has 0 spiro atoms. The lowest BCUT2D eigenvalue weighted by atomic mass is 10.0. The average Bonchev–Trinajstić information content (AvgIpc) is 2.66. The van der Waals surface area contributed by atoms with Gasteiger partial charge in [-0.1, -0.05) is 54.6 Å². The van der Waals surface area contributed by atoms with Gasteiger partial charge in [0.15, 0.2) is 0 Å². The molecule has 6 heteroatoms. The fourth-order valence-electron chi connectivity index (χ4n) is 2.30. The third-order valence-electron chi connectivity index (χ3n) is 3.79. The van der Waals surface area contributed by atoms with E-state index < -0.39 is 18.3 Å². The second-order valence-corrected chi connectivity index (χ2v) is 5.69. The normalized spacial score (nSPS) is 13.1. The number of alkyl carbamates (subject to hydrolysis) is 1. The minimum absolute atomic E-state index is 0.0755. The quantitative estimate of drug-likeness (QED) is 0.586. The molecule has 0 saturated carbocycles. The largest absolute Gasteiger partial charge is 0.445 e. The number of hydrogen-bond acceptors (Lipinski definition) is 5. The van der Waals surface area contributed by atoms with Crippen LogP contribution in [-0.2, 0) is 18.0 Å². The summed E-state index contributed by atoms with van der Waals surface area (Å²) in [6.45, 7) is 0.281. The van der Waals surface area contributed by atoms with E-state index in [1.165, 1.54) is 0 Å². The summed E-state index contributed by atoms with van der Waals surface area (Å²) < 4.78 is 5.06. The van der Waals surface area contributed by atoms with E-state index in [1.54, 1.807) is 24.3 Å². The third-order valence-corrected chi connectivity index (χ3v) is 3.79. The summed E-state index contributed by atoms with van der Waals surface area (Å²) in [5, 5.41) is 31.7. The maximum atomic E-state index is 11.6. The van der Waals surface area contributed by atoms with Gasteiger partial charge in [0, 0.05) is 6.54 Å². The number of nitrogens with one attached hydrogen (secondary N) is 1. The van der Waals surface area contributed by atoms with E-state index in [9.17, 15) is 15.0 Å². The minimum Gasteiger partial charge on any atom is -0.445 e. The van der Waals surface area contributed by atoms with E-state index in [0.29, 0.717) is 5.56 Å². The van der Waals surface area contributed by atoms with E-state index in [2.05, 4.69) is 5.32 Å². The van der Waals surface area contributed by atoms with Crippen LogP contribution in [0.2, 0.25) is 0 Å². The molecule has 0 aliphatic rings. The van der Waals surface area contributed by atoms with Crippen LogP contribution in [0.4, 0.5) is 4.79 Å². The molecule has 0 saturated heterocycles. The lowest BCUT2D eigenvalue weighted by molar-refractivity contribution is 0.0136. The van der Waals surface area contributed by atoms with Crippen LogP contribution in [0.25, 0.3) is 0 Å². The molecule has 6 nitrogen and oxygen atoms in total. The molecule has 0 aliphatic carbocycles. The SMILES string of the molecule is O=C(NCCC(O)C(O)c1ccc(CO)cc1)OCc1ccccc1. The van der Waals surface area contributed by atoms with Gasteiger partial charge in [-0.2, -0.15) is 0 Å². The molecule has 0 bridgehead atoms. The van der Waals surface area contributed by atoms with E-state index in [4.69, 9.17) is 9.84 Å². The van der Waals surface area contributed by atoms with Crippen LogP contribution < -0.4 is 5.32 Å². The highest BCUT2D eigenvalue weighted by atomic mass is 16.5. The van der Waals surface area contributed by atoms with Crippen molar-refractivity contribution < 1.29 is 24.9 Å². The zero-order valence-corrected chi connectivity index (χ0v) is 13.8. The summed E-state index contributed by atoms with van der Waals surface area (Å²) in [6, 6.07) is 16.0. The summed E-state index contributed by atoms with van der Waals surface area (Å²) in [7, 11) is 0. The Morgan fingerprint density at radius 3 is 2.32 bits per heavy atom. The van der Waals surface area contributed by atoms with E-state index in [-0.39, 0.29) is 26.2 Å². The van der Waals surface area contributed by atoms with Crippen molar-refractivity contribution in [3.05, 3.63) is 71.3 Å². The van der Waals surface area contributed by atoms with Crippen molar-refractivity contribution in [3.8, 4) is 0 Å². The van der Waals surface area contributed by atoms with Gasteiger partial charge in [-0.25, -0.2) is 4.79 Å². The van der Waals surface area contributed by atoms with Crippen LogP contribution in [0, 0.1) is 0 Å². The number of hydrogen-bond donors (Lipinski definition) is 4. The van der Waals surface area contributed by atoms with Gasteiger partial charge in [0.2, 0.25) is 0 Å². The molecule has 25 heavy (non-hydrogen) atoms. The first-order valence-electron chi connectivity index (χ1n) is 8.10. The van der Waals surface area contributed by atoms with Crippen LogP contribution in [-0.4, -0.2) is 34.1 Å². The molecule has 2 aromatic carbocycles. The van der Waals surface area contributed by atoms with Crippen molar-refractivity contribution in [1.82, 2.24) is 5.32 Å². The molecular weight excluding hydrogens is 322 g/mol. The zero-order valence-electron chi connectivity index (χ0n) is 13.8. The Bertz CT molecular complexity index is 645. The maximum Gasteiger partial charge on any atom is 0.407 e. The molecule has 4 N–H and O–H groups in total. The first kappa shape index (κ1) is 18.9.